The summed E-state index contributed by atoms with van der Waals surface area (Å²) in [6.45, 7) is 0. The molecule has 0 unspecified atom stereocenters. The standard InChI is InChI=1S/C22H12N2O4S2/c25-21(26)12-10-9-11(19-23-13-5-1-3-7-15(13)29-19)18(22(27)28)17(12)20-24-14-6-2-4-8-16(14)30-20/h1-10H,(H,25,26)(H,27,28). The van der Waals surface area contributed by atoms with E-state index in [2.05, 4.69) is 9.97 Å². The van der Waals surface area contributed by atoms with E-state index in [1.54, 1.807) is 0 Å². The summed E-state index contributed by atoms with van der Waals surface area (Å²) >= 11 is 2.63. The largest absolute Gasteiger partial charge is 0.478 e. The molecular formula is C22H12N2O4S2. The number of carboxylic acid groups (broad SMARTS) is 2. The molecule has 146 valence electrons. The summed E-state index contributed by atoms with van der Waals surface area (Å²) in [7, 11) is 0. The lowest BCUT2D eigenvalue weighted by molar-refractivity contribution is 0.0696. The van der Waals surface area contributed by atoms with Gasteiger partial charge < -0.3 is 10.2 Å². The monoisotopic (exact) mass is 432 g/mol. The number of aromatic carboxylic acids is 2. The molecule has 2 heterocycles. The fourth-order valence-corrected chi connectivity index (χ4v) is 5.40. The highest BCUT2D eigenvalue weighted by Crippen LogP contribution is 2.40. The van der Waals surface area contributed by atoms with Crippen molar-refractivity contribution in [3.63, 3.8) is 0 Å². The van der Waals surface area contributed by atoms with Crippen LogP contribution in [0.25, 0.3) is 41.6 Å². The van der Waals surface area contributed by atoms with Crippen LogP contribution in [-0.4, -0.2) is 32.1 Å². The average molecular weight is 432 g/mol. The van der Waals surface area contributed by atoms with Crippen LogP contribution in [0.3, 0.4) is 0 Å². The van der Waals surface area contributed by atoms with Crippen LogP contribution in [0.2, 0.25) is 0 Å². The maximum absolute atomic E-state index is 12.4. The first-order chi connectivity index (χ1) is 14.5. The van der Waals surface area contributed by atoms with E-state index in [4.69, 9.17) is 0 Å². The molecule has 3 aromatic carbocycles. The minimum absolute atomic E-state index is 0.101. The molecule has 6 nitrogen and oxygen atoms in total. The van der Waals surface area contributed by atoms with Gasteiger partial charge in [0.2, 0.25) is 0 Å². The molecule has 2 aromatic heterocycles. The van der Waals surface area contributed by atoms with Crippen LogP contribution in [0.5, 0.6) is 0 Å². The lowest BCUT2D eigenvalue weighted by atomic mass is 9.96. The average Bonchev–Trinajstić information content (AvgIpc) is 3.36. The number of aromatic nitrogens is 2. The van der Waals surface area contributed by atoms with Gasteiger partial charge in [-0.3, -0.25) is 0 Å². The van der Waals surface area contributed by atoms with E-state index in [-0.39, 0.29) is 16.7 Å². The Hall–Kier alpha value is -3.62. The summed E-state index contributed by atoms with van der Waals surface area (Å²) in [5, 5.41) is 20.7. The van der Waals surface area contributed by atoms with Crippen LogP contribution >= 0.6 is 22.7 Å². The number of hydrogen-bond acceptors (Lipinski definition) is 6. The van der Waals surface area contributed by atoms with E-state index in [0.29, 0.717) is 21.1 Å². The molecule has 0 aliphatic rings. The Bertz CT molecular complexity index is 1400. The van der Waals surface area contributed by atoms with Gasteiger partial charge in [0, 0.05) is 11.1 Å². The number of hydrogen-bond donors (Lipinski definition) is 2. The van der Waals surface area contributed by atoms with Gasteiger partial charge in [0.25, 0.3) is 0 Å². The second kappa shape index (κ2) is 7.01. The van der Waals surface area contributed by atoms with Crippen molar-refractivity contribution in [2.45, 2.75) is 0 Å². The van der Waals surface area contributed by atoms with E-state index >= 15 is 0 Å². The van der Waals surface area contributed by atoms with Crippen molar-refractivity contribution >= 4 is 55.0 Å². The first-order valence-corrected chi connectivity index (χ1v) is 10.5. The molecule has 2 N–H and O–H groups in total. The lowest BCUT2D eigenvalue weighted by Crippen LogP contribution is -2.09. The predicted molar refractivity (Wildman–Crippen MR) is 118 cm³/mol. The zero-order valence-electron chi connectivity index (χ0n) is 15.2. The van der Waals surface area contributed by atoms with Crippen molar-refractivity contribution in [2.24, 2.45) is 0 Å². The van der Waals surface area contributed by atoms with E-state index in [9.17, 15) is 19.8 Å². The summed E-state index contributed by atoms with van der Waals surface area (Å²) < 4.78 is 1.78. The van der Waals surface area contributed by atoms with Gasteiger partial charge >= 0.3 is 11.9 Å². The molecule has 0 saturated carbocycles. The Balaban J connectivity index is 1.84. The molecule has 8 heteroatoms. The topological polar surface area (TPSA) is 100 Å². The highest BCUT2D eigenvalue weighted by molar-refractivity contribution is 7.22. The van der Waals surface area contributed by atoms with E-state index in [0.717, 1.165) is 14.9 Å². The maximum Gasteiger partial charge on any atom is 0.337 e. The van der Waals surface area contributed by atoms with Crippen molar-refractivity contribution < 1.29 is 19.8 Å². The summed E-state index contributed by atoms with van der Waals surface area (Å²) in [6, 6.07) is 17.8. The molecule has 5 rings (SSSR count). The Morgan fingerprint density at radius 3 is 1.83 bits per heavy atom. The summed E-state index contributed by atoms with van der Waals surface area (Å²) in [5.41, 5.74) is 1.73. The van der Waals surface area contributed by atoms with Gasteiger partial charge in [-0.15, -0.1) is 22.7 Å². The highest BCUT2D eigenvalue weighted by atomic mass is 32.1. The quantitative estimate of drug-likeness (QED) is 0.381. The number of fused-ring (bicyclic) bond motifs is 2. The third-order valence-corrected chi connectivity index (χ3v) is 6.81. The Kier molecular flexibility index (Phi) is 4.30. The van der Waals surface area contributed by atoms with Crippen LogP contribution in [-0.2, 0) is 0 Å². The number of carbonyl (C=O) groups is 2. The molecule has 30 heavy (non-hydrogen) atoms. The zero-order valence-corrected chi connectivity index (χ0v) is 16.8. The third-order valence-electron chi connectivity index (χ3n) is 4.68. The number of thiazole rings is 2. The molecule has 0 fully saturated rings. The first kappa shape index (κ1) is 18.4. The molecule has 0 spiro atoms. The van der Waals surface area contributed by atoms with Gasteiger partial charge in [0.1, 0.15) is 10.0 Å². The van der Waals surface area contributed by atoms with Gasteiger partial charge in [-0.1, -0.05) is 30.3 Å². The van der Waals surface area contributed by atoms with Gasteiger partial charge in [-0.25, -0.2) is 19.6 Å². The molecule has 0 aliphatic heterocycles. The molecule has 0 radical (unpaired) electrons. The molecule has 0 bridgehead atoms. The van der Waals surface area contributed by atoms with E-state index in [1.165, 1.54) is 34.8 Å². The third kappa shape index (κ3) is 2.94. The normalized spacial score (nSPS) is 11.2. The van der Waals surface area contributed by atoms with Gasteiger partial charge in [0.15, 0.2) is 0 Å². The summed E-state index contributed by atoms with van der Waals surface area (Å²) in [6.07, 6.45) is 0. The molecular weight excluding hydrogens is 420 g/mol. The zero-order chi connectivity index (χ0) is 20.8. The minimum atomic E-state index is -1.22. The van der Waals surface area contributed by atoms with Gasteiger partial charge in [-0.2, -0.15) is 0 Å². The Morgan fingerprint density at radius 2 is 1.27 bits per heavy atom. The molecule has 5 aromatic rings. The predicted octanol–water partition coefficient (Wildman–Crippen LogP) is 5.64. The summed E-state index contributed by atoms with van der Waals surface area (Å²) in [5.74, 6) is -2.43. The van der Waals surface area contributed by atoms with Crippen LogP contribution in [0.15, 0.2) is 60.7 Å². The smallest absolute Gasteiger partial charge is 0.337 e. The van der Waals surface area contributed by atoms with E-state index in [1.807, 2.05) is 48.5 Å². The summed E-state index contributed by atoms with van der Waals surface area (Å²) in [4.78, 5) is 33.4. The van der Waals surface area contributed by atoms with Crippen molar-refractivity contribution in [2.75, 3.05) is 0 Å². The second-order valence-corrected chi connectivity index (χ2v) is 8.56. The molecule has 0 aliphatic carbocycles. The van der Waals surface area contributed by atoms with Gasteiger partial charge in [0.05, 0.1) is 31.6 Å². The van der Waals surface area contributed by atoms with Crippen molar-refractivity contribution in [3.05, 3.63) is 71.8 Å². The number of nitrogens with zero attached hydrogens (tertiary/aromatic N) is 2. The van der Waals surface area contributed by atoms with Crippen molar-refractivity contribution in [1.29, 1.82) is 0 Å². The number of carboxylic acids is 2. The van der Waals surface area contributed by atoms with Crippen molar-refractivity contribution in [3.8, 4) is 21.1 Å². The van der Waals surface area contributed by atoms with Crippen LogP contribution in [0.4, 0.5) is 0 Å². The SMILES string of the molecule is O=C(O)c1ccc(-c2nc3ccccc3s2)c(C(=O)O)c1-c1nc2ccccc2s1. The van der Waals surface area contributed by atoms with Crippen LogP contribution in [0, 0.1) is 0 Å². The molecule has 0 atom stereocenters. The number of rotatable bonds is 4. The maximum atomic E-state index is 12.4. The fraction of sp³-hybridized carbons (Fsp3) is 0. The Morgan fingerprint density at radius 1 is 0.700 bits per heavy atom. The molecule has 0 amide bonds. The second-order valence-electron chi connectivity index (χ2n) is 6.49. The lowest BCUT2D eigenvalue weighted by Gasteiger charge is -2.11. The van der Waals surface area contributed by atoms with Gasteiger partial charge in [-0.05, 0) is 30.3 Å². The van der Waals surface area contributed by atoms with E-state index < -0.39 is 11.9 Å². The van der Waals surface area contributed by atoms with Crippen LogP contribution < -0.4 is 0 Å². The first-order valence-electron chi connectivity index (χ1n) is 8.88. The number of para-hydroxylation sites is 2. The van der Waals surface area contributed by atoms with Crippen LogP contribution in [0.1, 0.15) is 20.7 Å². The Labute approximate surface area is 177 Å². The number of benzene rings is 3. The molecule has 0 saturated heterocycles. The minimum Gasteiger partial charge on any atom is -0.478 e. The fourth-order valence-electron chi connectivity index (χ4n) is 3.37. The van der Waals surface area contributed by atoms with Crippen molar-refractivity contribution in [1.82, 2.24) is 9.97 Å². The highest BCUT2D eigenvalue weighted by Gasteiger charge is 2.27.